The van der Waals surface area contributed by atoms with Crippen molar-refractivity contribution in [3.63, 3.8) is 0 Å². The van der Waals surface area contributed by atoms with Gasteiger partial charge in [0.2, 0.25) is 0 Å². The molecule has 0 bridgehead atoms. The van der Waals surface area contributed by atoms with Gasteiger partial charge in [0, 0.05) is 55.6 Å². The Kier molecular flexibility index (Phi) is 16.9. The number of carbonyl (C=O) groups excluding carboxylic acids is 1. The predicted molar refractivity (Wildman–Crippen MR) is 190 cm³/mol. The Bertz CT molecular complexity index is 1270. The van der Waals surface area contributed by atoms with Gasteiger partial charge in [-0.15, -0.1) is 0 Å². The van der Waals surface area contributed by atoms with Crippen LogP contribution < -0.4 is 15.5 Å². The number of anilines is 2. The summed E-state index contributed by atoms with van der Waals surface area (Å²) in [5.74, 6) is 1.32. The first-order valence-corrected chi connectivity index (χ1v) is 17.3. The van der Waals surface area contributed by atoms with Crippen molar-refractivity contribution in [3.05, 3.63) is 52.1 Å². The molecule has 11 heteroatoms. The van der Waals surface area contributed by atoms with Crippen molar-refractivity contribution >= 4 is 38.7 Å². The molecule has 2 unspecified atom stereocenters. The van der Waals surface area contributed by atoms with E-state index in [0.717, 1.165) is 25.2 Å². The summed E-state index contributed by atoms with van der Waals surface area (Å²) in [6, 6.07) is 7.28. The zero-order valence-corrected chi connectivity index (χ0v) is 29.7. The van der Waals surface area contributed by atoms with Crippen LogP contribution in [0.3, 0.4) is 0 Å². The van der Waals surface area contributed by atoms with Crippen LogP contribution >= 0.6 is 9.24 Å². The molecule has 0 spiro atoms. The minimum absolute atomic E-state index is 0.0358. The van der Waals surface area contributed by atoms with Gasteiger partial charge in [0.15, 0.2) is 0 Å². The van der Waals surface area contributed by atoms with Crippen molar-refractivity contribution < 1.29 is 18.3 Å². The molecule has 3 aliphatic rings. The van der Waals surface area contributed by atoms with E-state index in [1.165, 1.54) is 42.9 Å². The molecule has 2 aliphatic heterocycles. The van der Waals surface area contributed by atoms with Gasteiger partial charge in [-0.1, -0.05) is 42.9 Å². The molecule has 2 atom stereocenters. The molecule has 1 amide bonds. The van der Waals surface area contributed by atoms with Crippen molar-refractivity contribution in [2.75, 3.05) is 30.0 Å². The number of halogens is 2. The third kappa shape index (κ3) is 11.5. The second kappa shape index (κ2) is 19.8. The van der Waals surface area contributed by atoms with Crippen LogP contribution in [-0.4, -0.2) is 48.6 Å². The Morgan fingerprint density at radius 3 is 2.30 bits per heavy atom. The fourth-order valence-corrected chi connectivity index (χ4v) is 5.56. The Labute approximate surface area is 277 Å². The normalized spacial score (nSPS) is 15.8. The molecule has 256 valence electrons. The summed E-state index contributed by atoms with van der Waals surface area (Å²) in [5.41, 5.74) is -0.478. The molecule has 4 N–H and O–H groups in total. The first-order chi connectivity index (χ1) is 22.0. The van der Waals surface area contributed by atoms with Crippen LogP contribution in [-0.2, 0) is 29.9 Å². The molecule has 1 aliphatic carbocycles. The average Bonchev–Trinajstić information content (AvgIpc) is 3.27. The topological polar surface area (TPSA) is 114 Å². The second-order valence-electron chi connectivity index (χ2n) is 11.6. The van der Waals surface area contributed by atoms with Gasteiger partial charge in [-0.3, -0.25) is 9.69 Å². The van der Waals surface area contributed by atoms with Crippen LogP contribution in [0, 0.1) is 16.7 Å². The highest BCUT2D eigenvalue weighted by Gasteiger charge is 2.38. The molecular weight excluding hydrogens is 605 g/mol. The molecule has 8 nitrogen and oxygen atoms in total. The molecule has 1 aromatic heterocycles. The smallest absolute Gasteiger partial charge is 0.284 e. The highest BCUT2D eigenvalue weighted by atomic mass is 31.0. The predicted octanol–water partition coefficient (Wildman–Crippen LogP) is 8.33. The van der Waals surface area contributed by atoms with Gasteiger partial charge in [0.05, 0.1) is 6.54 Å². The van der Waals surface area contributed by atoms with Gasteiger partial charge in [-0.2, -0.15) is 8.78 Å². The number of benzene rings is 1. The first-order valence-electron chi connectivity index (χ1n) is 16.7. The van der Waals surface area contributed by atoms with Crippen LogP contribution in [0.5, 0.6) is 0 Å². The van der Waals surface area contributed by atoms with Crippen LogP contribution in [0.15, 0.2) is 24.3 Å². The average molecular weight is 661 g/mol. The van der Waals surface area contributed by atoms with Gasteiger partial charge in [-0.05, 0) is 99.5 Å². The lowest BCUT2D eigenvalue weighted by atomic mass is 9.80. The summed E-state index contributed by atoms with van der Waals surface area (Å²) in [4.78, 5) is 19.7. The van der Waals surface area contributed by atoms with E-state index in [4.69, 9.17) is 15.6 Å². The maximum Gasteiger partial charge on any atom is 0.284 e. The van der Waals surface area contributed by atoms with E-state index >= 15 is 0 Å². The minimum Gasteiger partial charge on any atom is -0.381 e. The number of fused-ring (bicyclic) bond motifs is 1. The standard InChI is InChI=1S/C28H38F2N5OP.C3H6O.C2H5N.C2H6/c1-4-7-21(31)10-18-13-25(32-5-2)34-26(14-18)35-16-23-22(27(35)36)11-19(12-24(23)28(29,30)37)15-33-17(3)20-8-6-9-20;1-2-4-3-1;1-2-3;1-2/h11-14,17,20,31,33H,4-10,15-16,37H2,1-3H3,(H,32,34);1-3H2;2-3H,1H3;1-2H3. The molecule has 3 heterocycles. The number of ether oxygens (including phenoxy) is 1. The van der Waals surface area contributed by atoms with Gasteiger partial charge < -0.3 is 26.2 Å². The van der Waals surface area contributed by atoms with E-state index < -0.39 is 5.66 Å². The van der Waals surface area contributed by atoms with E-state index in [2.05, 4.69) is 22.5 Å². The summed E-state index contributed by atoms with van der Waals surface area (Å²) >= 11 is 0. The SMILES string of the molecule is C1COC1.CC.CC=N.CCCC(=N)Cc1cc(NCC)nc(N2Cc3c(cc(CNC(C)C4CCC4)cc3C(F)(F)P)C2=O)c1. The number of alkyl halides is 2. The molecular formula is C35H55F2N6O2P. The minimum atomic E-state index is -3.16. The molecule has 1 saturated heterocycles. The molecule has 46 heavy (non-hydrogen) atoms. The number of carbonyl (C=O) groups is 1. The Hall–Kier alpha value is -2.81. The largest absolute Gasteiger partial charge is 0.381 e. The quantitative estimate of drug-likeness (QED) is 0.135. The number of hydrogen-bond acceptors (Lipinski definition) is 7. The number of amides is 1. The molecule has 1 saturated carbocycles. The van der Waals surface area contributed by atoms with Crippen LogP contribution in [0.2, 0.25) is 0 Å². The van der Waals surface area contributed by atoms with Crippen molar-refractivity contribution in [2.24, 2.45) is 5.92 Å². The number of nitrogens with one attached hydrogen (secondary N) is 4. The highest BCUT2D eigenvalue weighted by molar-refractivity contribution is 7.17. The maximum atomic E-state index is 14.7. The van der Waals surface area contributed by atoms with Crippen molar-refractivity contribution in [3.8, 4) is 0 Å². The van der Waals surface area contributed by atoms with Crippen molar-refractivity contribution in [1.82, 2.24) is 10.3 Å². The third-order valence-electron chi connectivity index (χ3n) is 8.00. The lowest BCUT2D eigenvalue weighted by molar-refractivity contribution is 0.0367. The van der Waals surface area contributed by atoms with Gasteiger partial charge in [0.1, 0.15) is 11.6 Å². The first kappa shape index (κ1) is 39.4. The summed E-state index contributed by atoms with van der Waals surface area (Å²) in [6.45, 7) is 14.9. The summed E-state index contributed by atoms with van der Waals surface area (Å²) in [5, 5.41) is 21.0. The maximum absolute atomic E-state index is 14.7. The van der Waals surface area contributed by atoms with E-state index in [-0.39, 0.29) is 18.0 Å². The fraction of sp³-hybridized carbons (Fsp3) is 0.600. The summed E-state index contributed by atoms with van der Waals surface area (Å²) < 4.78 is 34.2. The van der Waals surface area contributed by atoms with Crippen LogP contribution in [0.1, 0.15) is 113 Å². The van der Waals surface area contributed by atoms with E-state index in [1.54, 1.807) is 28.3 Å². The molecule has 2 aromatic rings. The van der Waals surface area contributed by atoms with Gasteiger partial charge >= 0.3 is 0 Å². The lowest BCUT2D eigenvalue weighted by Crippen LogP contribution is -2.36. The van der Waals surface area contributed by atoms with Crippen molar-refractivity contribution in [2.45, 2.75) is 111 Å². The number of rotatable bonds is 12. The van der Waals surface area contributed by atoms with Crippen LogP contribution in [0.25, 0.3) is 0 Å². The Balaban J connectivity index is 0.000000722. The molecule has 0 radical (unpaired) electrons. The zero-order chi connectivity index (χ0) is 34.3. The van der Waals surface area contributed by atoms with Crippen molar-refractivity contribution in [1.29, 1.82) is 10.8 Å². The summed E-state index contributed by atoms with van der Waals surface area (Å²) in [7, 11) is 1.63. The Morgan fingerprint density at radius 2 is 1.80 bits per heavy atom. The Morgan fingerprint density at radius 1 is 1.17 bits per heavy atom. The molecule has 1 aromatic carbocycles. The number of pyridine rings is 1. The van der Waals surface area contributed by atoms with Crippen LogP contribution in [0.4, 0.5) is 20.4 Å². The number of hydrogen-bond donors (Lipinski definition) is 4. The second-order valence-corrected chi connectivity index (χ2v) is 12.3. The zero-order valence-electron chi connectivity index (χ0n) is 28.6. The summed E-state index contributed by atoms with van der Waals surface area (Å²) in [6.07, 6.45) is 8.21. The number of nitrogens with zero attached hydrogens (tertiary/aromatic N) is 2. The van der Waals surface area contributed by atoms with Gasteiger partial charge in [0.25, 0.3) is 11.6 Å². The number of aromatic nitrogens is 1. The van der Waals surface area contributed by atoms with E-state index in [0.29, 0.717) is 71.9 Å². The molecule has 2 fully saturated rings. The third-order valence-corrected chi connectivity index (χ3v) is 8.31. The van der Waals surface area contributed by atoms with E-state index in [9.17, 15) is 13.6 Å². The molecule has 5 rings (SSSR count). The van der Waals surface area contributed by atoms with E-state index in [1.807, 2.05) is 33.8 Å². The lowest BCUT2D eigenvalue weighted by Gasteiger charge is -2.32. The van der Waals surface area contributed by atoms with Gasteiger partial charge in [-0.25, -0.2) is 4.98 Å². The fourth-order valence-electron chi connectivity index (χ4n) is 5.30. The monoisotopic (exact) mass is 660 g/mol. The highest BCUT2D eigenvalue weighted by Crippen LogP contribution is 2.42.